The molecule has 0 amide bonds. The summed E-state index contributed by atoms with van der Waals surface area (Å²) in [6, 6.07) is 11.7. The number of para-hydroxylation sites is 1. The number of hydrogen-bond donors (Lipinski definition) is 3. The van der Waals surface area contributed by atoms with Crippen LogP contribution in [0.4, 0.5) is 5.95 Å². The fraction of sp³-hybridized carbons (Fsp3) is 0.167. The van der Waals surface area contributed by atoms with Gasteiger partial charge in [0.2, 0.25) is 5.95 Å². The smallest absolute Gasteiger partial charge is 0.274 e. The first-order valence-electron chi connectivity index (χ1n) is 8.07. The molecule has 0 bridgehead atoms. The molecule has 0 spiro atoms. The summed E-state index contributed by atoms with van der Waals surface area (Å²) in [7, 11) is 0. The lowest BCUT2D eigenvalue weighted by molar-refractivity contribution is 0.517. The number of furan rings is 1. The third-order valence-corrected chi connectivity index (χ3v) is 4.05. The van der Waals surface area contributed by atoms with Crippen LogP contribution in [0.15, 0.2) is 58.1 Å². The van der Waals surface area contributed by atoms with Crippen molar-refractivity contribution in [3.05, 3.63) is 76.2 Å². The van der Waals surface area contributed by atoms with Crippen LogP contribution in [0.5, 0.6) is 0 Å². The van der Waals surface area contributed by atoms with Crippen LogP contribution in [0.1, 0.15) is 17.0 Å². The normalized spacial score (nSPS) is 11.0. The van der Waals surface area contributed by atoms with E-state index in [0.29, 0.717) is 30.4 Å². The van der Waals surface area contributed by atoms with Crippen molar-refractivity contribution in [3.63, 3.8) is 0 Å². The molecule has 25 heavy (non-hydrogen) atoms. The second-order valence-electron chi connectivity index (χ2n) is 5.74. The Bertz CT molecular complexity index is 1030. The molecular formula is C18H17N5O2. The van der Waals surface area contributed by atoms with Crippen molar-refractivity contribution in [2.75, 3.05) is 11.9 Å². The van der Waals surface area contributed by atoms with Gasteiger partial charge in [-0.1, -0.05) is 18.2 Å². The van der Waals surface area contributed by atoms with Crippen molar-refractivity contribution in [2.24, 2.45) is 0 Å². The molecular weight excluding hydrogens is 318 g/mol. The van der Waals surface area contributed by atoms with Gasteiger partial charge >= 0.3 is 0 Å². The number of rotatable bonds is 6. The fourth-order valence-corrected chi connectivity index (χ4v) is 2.79. The first kappa shape index (κ1) is 15.2. The first-order valence-corrected chi connectivity index (χ1v) is 8.07. The molecule has 3 N–H and O–H groups in total. The molecule has 7 nitrogen and oxygen atoms in total. The minimum atomic E-state index is -0.263. The molecule has 1 aromatic carbocycles. The molecule has 7 heteroatoms. The number of H-pyrrole nitrogens is 2. The van der Waals surface area contributed by atoms with Crippen LogP contribution in [0.3, 0.4) is 0 Å². The van der Waals surface area contributed by atoms with Crippen LogP contribution in [-0.2, 0) is 12.8 Å². The van der Waals surface area contributed by atoms with E-state index in [1.54, 1.807) is 18.4 Å². The Kier molecular flexibility index (Phi) is 4.04. The summed E-state index contributed by atoms with van der Waals surface area (Å²) in [5, 5.41) is 12.3. The quantitative estimate of drug-likeness (QED) is 0.503. The van der Waals surface area contributed by atoms with E-state index in [-0.39, 0.29) is 5.56 Å². The maximum absolute atomic E-state index is 12.1. The number of fused-ring (bicyclic) bond motifs is 1. The largest absolute Gasteiger partial charge is 0.469 e. The van der Waals surface area contributed by atoms with Crippen molar-refractivity contribution in [1.29, 1.82) is 0 Å². The lowest BCUT2D eigenvalue weighted by Gasteiger charge is -2.05. The van der Waals surface area contributed by atoms with Crippen LogP contribution in [0, 0.1) is 0 Å². The third kappa shape index (κ3) is 3.30. The van der Waals surface area contributed by atoms with Gasteiger partial charge in [0.15, 0.2) is 0 Å². The van der Waals surface area contributed by atoms with E-state index in [2.05, 4.69) is 31.5 Å². The Balaban J connectivity index is 1.40. The Hall–Kier alpha value is -3.35. The van der Waals surface area contributed by atoms with Crippen molar-refractivity contribution in [3.8, 4) is 0 Å². The second-order valence-corrected chi connectivity index (χ2v) is 5.74. The summed E-state index contributed by atoms with van der Waals surface area (Å²) in [5.41, 5.74) is 2.40. The Morgan fingerprint density at radius 1 is 1.12 bits per heavy atom. The zero-order valence-corrected chi connectivity index (χ0v) is 13.5. The van der Waals surface area contributed by atoms with Crippen molar-refractivity contribution < 1.29 is 4.42 Å². The Morgan fingerprint density at radius 2 is 2.04 bits per heavy atom. The van der Waals surface area contributed by atoms with Crippen LogP contribution in [-0.4, -0.2) is 26.7 Å². The van der Waals surface area contributed by atoms with E-state index in [0.717, 1.165) is 11.9 Å². The molecule has 4 rings (SSSR count). The highest BCUT2D eigenvalue weighted by Gasteiger charge is 2.08. The van der Waals surface area contributed by atoms with Gasteiger partial charge in [-0.25, -0.2) is 0 Å². The third-order valence-electron chi connectivity index (χ3n) is 4.05. The fourth-order valence-electron chi connectivity index (χ4n) is 2.79. The van der Waals surface area contributed by atoms with E-state index in [1.807, 2.05) is 24.4 Å². The van der Waals surface area contributed by atoms with Crippen LogP contribution in [0.2, 0.25) is 0 Å². The number of aromatic nitrogens is 4. The molecule has 0 aliphatic heterocycles. The number of nitrogens with zero attached hydrogens (tertiary/aromatic N) is 2. The van der Waals surface area contributed by atoms with Crippen LogP contribution in [0.25, 0.3) is 10.9 Å². The molecule has 3 aromatic heterocycles. The molecule has 4 aromatic rings. The summed E-state index contributed by atoms with van der Waals surface area (Å²) < 4.78 is 5.22. The molecule has 0 atom stereocenters. The highest BCUT2D eigenvalue weighted by molar-refractivity contribution is 5.83. The summed E-state index contributed by atoms with van der Waals surface area (Å²) in [5.74, 6) is 1.05. The zero-order chi connectivity index (χ0) is 17.1. The number of anilines is 1. The van der Waals surface area contributed by atoms with E-state index >= 15 is 0 Å². The second kappa shape index (κ2) is 6.64. The monoisotopic (exact) mass is 335 g/mol. The lowest BCUT2D eigenvalue weighted by atomic mass is 10.1. The molecule has 0 aliphatic carbocycles. The van der Waals surface area contributed by atoms with E-state index in [4.69, 9.17) is 4.42 Å². The summed E-state index contributed by atoms with van der Waals surface area (Å²) in [4.78, 5) is 18.1. The molecule has 0 aliphatic rings. The van der Waals surface area contributed by atoms with Gasteiger partial charge in [0.1, 0.15) is 11.5 Å². The van der Waals surface area contributed by atoms with Crippen LogP contribution >= 0.6 is 0 Å². The summed E-state index contributed by atoms with van der Waals surface area (Å²) >= 11 is 0. The molecule has 0 unspecified atom stereocenters. The molecule has 126 valence electrons. The number of hydrogen-bond acceptors (Lipinski definition) is 5. The SMILES string of the molecule is O=c1[nH]c(NCCc2c[nH]c3ccccc23)nnc1Cc1ccco1. The number of nitrogens with one attached hydrogen (secondary N) is 3. The Labute approximate surface area is 143 Å². The average molecular weight is 335 g/mol. The zero-order valence-electron chi connectivity index (χ0n) is 13.5. The minimum absolute atomic E-state index is 0.263. The van der Waals surface area contributed by atoms with Gasteiger partial charge in [-0.3, -0.25) is 9.78 Å². The van der Waals surface area contributed by atoms with E-state index in [1.165, 1.54) is 10.9 Å². The van der Waals surface area contributed by atoms with Crippen molar-refractivity contribution >= 4 is 16.9 Å². The Morgan fingerprint density at radius 3 is 2.88 bits per heavy atom. The van der Waals surface area contributed by atoms with Gasteiger partial charge in [-0.05, 0) is 30.2 Å². The maximum Gasteiger partial charge on any atom is 0.274 e. The standard InChI is InChI=1S/C18H17N5O2/c24-17-16(10-13-4-3-9-25-13)22-23-18(21-17)19-8-7-12-11-20-15-6-2-1-5-14(12)15/h1-6,9,11,20H,7-8,10H2,(H2,19,21,23,24). The van der Waals surface area contributed by atoms with Gasteiger partial charge in [0.25, 0.3) is 5.56 Å². The molecule has 0 saturated carbocycles. The molecule has 0 radical (unpaired) electrons. The predicted octanol–water partition coefficient (Wildman–Crippen LogP) is 2.48. The molecule has 0 fully saturated rings. The van der Waals surface area contributed by atoms with Crippen molar-refractivity contribution in [1.82, 2.24) is 20.2 Å². The van der Waals surface area contributed by atoms with Crippen molar-refractivity contribution in [2.45, 2.75) is 12.8 Å². The van der Waals surface area contributed by atoms with E-state index in [9.17, 15) is 4.79 Å². The lowest BCUT2D eigenvalue weighted by Crippen LogP contribution is -2.20. The molecule has 0 saturated heterocycles. The summed E-state index contributed by atoms with van der Waals surface area (Å²) in [6.45, 7) is 0.643. The van der Waals surface area contributed by atoms with Gasteiger partial charge in [-0.15, -0.1) is 10.2 Å². The minimum Gasteiger partial charge on any atom is -0.469 e. The van der Waals surface area contributed by atoms with Crippen LogP contribution < -0.4 is 10.9 Å². The average Bonchev–Trinajstić information content (AvgIpc) is 3.27. The first-order chi connectivity index (χ1) is 12.3. The van der Waals surface area contributed by atoms with E-state index < -0.39 is 0 Å². The topological polar surface area (TPSA) is 99.6 Å². The molecule has 3 heterocycles. The number of aromatic amines is 2. The maximum atomic E-state index is 12.1. The van der Waals surface area contributed by atoms with Gasteiger partial charge in [0, 0.05) is 23.6 Å². The number of benzene rings is 1. The highest BCUT2D eigenvalue weighted by atomic mass is 16.3. The predicted molar refractivity (Wildman–Crippen MR) is 94.7 cm³/mol. The van der Waals surface area contributed by atoms with Gasteiger partial charge in [0.05, 0.1) is 12.7 Å². The highest BCUT2D eigenvalue weighted by Crippen LogP contribution is 2.17. The van der Waals surface area contributed by atoms with Gasteiger partial charge < -0.3 is 14.7 Å². The van der Waals surface area contributed by atoms with Gasteiger partial charge in [-0.2, -0.15) is 0 Å². The summed E-state index contributed by atoms with van der Waals surface area (Å²) in [6.07, 6.45) is 4.71.